The summed E-state index contributed by atoms with van der Waals surface area (Å²) in [6.45, 7) is 1.41. The number of nitrogens with one attached hydrogen (secondary N) is 1. The number of hydrogen-bond donors (Lipinski definition) is 3. The maximum atomic E-state index is 13.0. The van der Waals surface area contributed by atoms with Gasteiger partial charge in [0.25, 0.3) is 0 Å². The van der Waals surface area contributed by atoms with Gasteiger partial charge in [-0.2, -0.15) is 0 Å². The Morgan fingerprint density at radius 3 is 2.50 bits per heavy atom. The third-order valence-electron chi connectivity index (χ3n) is 2.93. The molecule has 0 fully saturated rings. The first-order valence-corrected chi connectivity index (χ1v) is 6.45. The molecule has 0 saturated carbocycles. The normalized spacial score (nSPS) is 12.0. The van der Waals surface area contributed by atoms with Gasteiger partial charge >= 0.3 is 11.9 Å². The Balaban J connectivity index is 2.37. The molecule has 1 heterocycles. The molecule has 0 radical (unpaired) electrons. The Kier molecular flexibility index (Phi) is 4.37. The van der Waals surface area contributed by atoms with E-state index in [1.165, 1.54) is 13.0 Å². The van der Waals surface area contributed by atoms with E-state index in [9.17, 15) is 19.1 Å². The molecule has 0 amide bonds. The molecule has 0 saturated heterocycles. The molecule has 2 rings (SSSR count). The quantitative estimate of drug-likeness (QED) is 0.779. The second-order valence-electron chi connectivity index (χ2n) is 4.46. The highest BCUT2D eigenvalue weighted by molar-refractivity contribution is 6.33. The highest BCUT2D eigenvalue weighted by Crippen LogP contribution is 2.29. The van der Waals surface area contributed by atoms with Crippen LogP contribution in [0, 0.1) is 12.7 Å². The number of carboxylic acid groups (broad SMARTS) is 2. The van der Waals surface area contributed by atoms with Gasteiger partial charge in [-0.1, -0.05) is 11.6 Å². The Morgan fingerprint density at radius 1 is 1.32 bits per heavy atom. The lowest BCUT2D eigenvalue weighted by molar-refractivity contribution is -0.138. The second-order valence-corrected chi connectivity index (χ2v) is 4.87. The lowest BCUT2D eigenvalue weighted by Crippen LogP contribution is -2.20. The van der Waals surface area contributed by atoms with Crippen molar-refractivity contribution in [3.63, 3.8) is 0 Å². The Hall–Kier alpha value is -2.54. The van der Waals surface area contributed by atoms with Crippen molar-refractivity contribution >= 4 is 29.2 Å². The van der Waals surface area contributed by atoms with Gasteiger partial charge in [-0.25, -0.2) is 14.0 Å². The third kappa shape index (κ3) is 3.20. The van der Waals surface area contributed by atoms with Crippen molar-refractivity contribution in [3.05, 3.63) is 52.2 Å². The number of carbonyl (C=O) groups is 2. The average molecular weight is 328 g/mol. The molecule has 0 aliphatic carbocycles. The molecule has 1 unspecified atom stereocenters. The zero-order valence-corrected chi connectivity index (χ0v) is 12.0. The van der Waals surface area contributed by atoms with E-state index in [0.717, 1.165) is 18.2 Å². The van der Waals surface area contributed by atoms with Crippen LogP contribution < -0.4 is 5.32 Å². The van der Waals surface area contributed by atoms with Crippen LogP contribution in [0.2, 0.25) is 5.02 Å². The summed E-state index contributed by atoms with van der Waals surface area (Å²) in [5.41, 5.74) is 0.0506. The predicted molar refractivity (Wildman–Crippen MR) is 75.8 cm³/mol. The average Bonchev–Trinajstić information content (AvgIpc) is 2.79. The van der Waals surface area contributed by atoms with Crippen LogP contribution in [0.4, 0.5) is 10.1 Å². The number of aromatic carboxylic acids is 1. The van der Waals surface area contributed by atoms with Gasteiger partial charge in [-0.15, -0.1) is 0 Å². The van der Waals surface area contributed by atoms with Crippen molar-refractivity contribution in [2.45, 2.75) is 13.0 Å². The zero-order chi connectivity index (χ0) is 16.4. The molecule has 22 heavy (non-hydrogen) atoms. The Labute approximate surface area is 129 Å². The first kappa shape index (κ1) is 15.8. The van der Waals surface area contributed by atoms with Gasteiger partial charge in [0.05, 0.1) is 10.7 Å². The molecule has 0 bridgehead atoms. The number of aliphatic carboxylic acids is 1. The summed E-state index contributed by atoms with van der Waals surface area (Å²) >= 11 is 5.83. The molecule has 0 aliphatic heterocycles. The van der Waals surface area contributed by atoms with Gasteiger partial charge in [-0.05, 0) is 31.2 Å². The van der Waals surface area contributed by atoms with E-state index < -0.39 is 23.8 Å². The molecular formula is C14H11ClFNO5. The predicted octanol–water partition coefficient (Wildman–Crippen LogP) is 3.32. The standard InChI is InChI=1S/C14H11ClFNO5/c1-6-8(13(18)19)5-11(22-6)12(14(20)21)17-10-3-2-7(16)4-9(10)15/h2-5,12,17H,1H3,(H,18,19)(H,20,21). The van der Waals surface area contributed by atoms with Crippen molar-refractivity contribution in [2.75, 3.05) is 5.32 Å². The molecule has 1 aromatic carbocycles. The number of carboxylic acids is 2. The number of benzene rings is 1. The number of furan rings is 1. The largest absolute Gasteiger partial charge is 0.479 e. The molecule has 3 N–H and O–H groups in total. The number of rotatable bonds is 5. The zero-order valence-electron chi connectivity index (χ0n) is 11.3. The van der Waals surface area contributed by atoms with E-state index in [4.69, 9.17) is 21.1 Å². The van der Waals surface area contributed by atoms with Crippen LogP contribution in [0.5, 0.6) is 0 Å². The van der Waals surface area contributed by atoms with Crippen molar-refractivity contribution in [1.29, 1.82) is 0 Å². The van der Waals surface area contributed by atoms with Crippen molar-refractivity contribution in [2.24, 2.45) is 0 Å². The van der Waals surface area contributed by atoms with Gasteiger partial charge in [0.15, 0.2) is 6.04 Å². The summed E-state index contributed by atoms with van der Waals surface area (Å²) in [7, 11) is 0. The summed E-state index contributed by atoms with van der Waals surface area (Å²) in [6.07, 6.45) is 0. The highest BCUT2D eigenvalue weighted by Gasteiger charge is 2.27. The molecule has 6 nitrogen and oxygen atoms in total. The van der Waals surface area contributed by atoms with E-state index >= 15 is 0 Å². The maximum Gasteiger partial charge on any atom is 0.339 e. The minimum absolute atomic E-state index is 0.00649. The summed E-state index contributed by atoms with van der Waals surface area (Å²) in [5, 5.41) is 20.8. The van der Waals surface area contributed by atoms with Crippen molar-refractivity contribution in [3.8, 4) is 0 Å². The van der Waals surface area contributed by atoms with Gasteiger partial charge < -0.3 is 19.9 Å². The van der Waals surface area contributed by atoms with Crippen LogP contribution in [0.15, 0.2) is 28.7 Å². The third-order valence-corrected chi connectivity index (χ3v) is 3.24. The summed E-state index contributed by atoms with van der Waals surface area (Å²) in [5.74, 6) is -3.10. The van der Waals surface area contributed by atoms with E-state index in [-0.39, 0.29) is 27.8 Å². The molecule has 1 aromatic heterocycles. The Bertz CT molecular complexity index is 743. The van der Waals surface area contributed by atoms with E-state index in [0.29, 0.717) is 0 Å². The topological polar surface area (TPSA) is 99.8 Å². The first-order valence-electron chi connectivity index (χ1n) is 6.07. The fourth-order valence-corrected chi connectivity index (χ4v) is 2.10. The van der Waals surface area contributed by atoms with Gasteiger partial charge in [0.2, 0.25) is 0 Å². The van der Waals surface area contributed by atoms with Crippen LogP contribution >= 0.6 is 11.6 Å². The molecule has 8 heteroatoms. The number of aryl methyl sites for hydroxylation is 1. The van der Waals surface area contributed by atoms with Gasteiger partial charge in [-0.3, -0.25) is 0 Å². The molecule has 1 atom stereocenters. The van der Waals surface area contributed by atoms with Gasteiger partial charge in [0, 0.05) is 0 Å². The summed E-state index contributed by atoms with van der Waals surface area (Å²) in [4.78, 5) is 22.4. The second kappa shape index (κ2) is 6.07. The van der Waals surface area contributed by atoms with Crippen molar-refractivity contribution < 1.29 is 28.6 Å². The molecule has 2 aromatic rings. The number of halogens is 2. The lowest BCUT2D eigenvalue weighted by atomic mass is 10.1. The van der Waals surface area contributed by atoms with Crippen LogP contribution in [0.1, 0.15) is 27.9 Å². The van der Waals surface area contributed by atoms with Crippen molar-refractivity contribution in [1.82, 2.24) is 0 Å². The van der Waals surface area contributed by atoms with Crippen LogP contribution in [-0.4, -0.2) is 22.2 Å². The molecule has 0 spiro atoms. The number of anilines is 1. The summed E-state index contributed by atoms with van der Waals surface area (Å²) < 4.78 is 18.2. The summed E-state index contributed by atoms with van der Waals surface area (Å²) in [6, 6.07) is 3.18. The van der Waals surface area contributed by atoms with E-state index in [1.807, 2.05) is 0 Å². The maximum absolute atomic E-state index is 13.0. The molecular weight excluding hydrogens is 317 g/mol. The Morgan fingerprint density at radius 2 is 2.00 bits per heavy atom. The van der Waals surface area contributed by atoms with E-state index in [2.05, 4.69) is 5.32 Å². The minimum atomic E-state index is -1.37. The highest BCUT2D eigenvalue weighted by atomic mass is 35.5. The molecule has 0 aliphatic rings. The van der Waals surface area contributed by atoms with Crippen LogP contribution in [-0.2, 0) is 4.79 Å². The van der Waals surface area contributed by atoms with Gasteiger partial charge in [0.1, 0.15) is 22.9 Å². The smallest absolute Gasteiger partial charge is 0.339 e. The molecule has 116 valence electrons. The number of hydrogen-bond acceptors (Lipinski definition) is 4. The van der Waals surface area contributed by atoms with Crippen LogP contribution in [0.25, 0.3) is 0 Å². The first-order chi connectivity index (χ1) is 10.3. The fraction of sp³-hybridized carbons (Fsp3) is 0.143. The SMILES string of the molecule is Cc1oc(C(Nc2ccc(F)cc2Cl)C(=O)O)cc1C(=O)O. The minimum Gasteiger partial charge on any atom is -0.479 e. The van der Waals surface area contributed by atoms with E-state index in [1.54, 1.807) is 0 Å². The lowest BCUT2D eigenvalue weighted by Gasteiger charge is -2.14. The monoisotopic (exact) mass is 327 g/mol. The van der Waals surface area contributed by atoms with Crippen LogP contribution in [0.3, 0.4) is 0 Å². The fourth-order valence-electron chi connectivity index (χ4n) is 1.88.